The molecular weight excluding hydrogens is 496 g/mol. The minimum atomic E-state index is -0.601. The summed E-state index contributed by atoms with van der Waals surface area (Å²) in [4.78, 5) is 52.8. The first kappa shape index (κ1) is 27.6. The van der Waals surface area contributed by atoms with Gasteiger partial charge in [0, 0.05) is 41.2 Å². The Bertz CT molecular complexity index is 1500. The number of nitro benzene ring substituents is 1. The van der Waals surface area contributed by atoms with Crippen molar-refractivity contribution < 1.29 is 24.1 Å². The van der Waals surface area contributed by atoms with Gasteiger partial charge in [0.1, 0.15) is 5.71 Å². The lowest BCUT2D eigenvalue weighted by atomic mass is 9.71. The predicted octanol–water partition coefficient (Wildman–Crippen LogP) is 6.81. The van der Waals surface area contributed by atoms with Crippen LogP contribution in [0.1, 0.15) is 90.8 Å². The molecule has 8 nitrogen and oxygen atoms in total. The van der Waals surface area contributed by atoms with E-state index in [0.717, 1.165) is 47.9 Å². The van der Waals surface area contributed by atoms with Crippen molar-refractivity contribution in [1.82, 2.24) is 0 Å². The van der Waals surface area contributed by atoms with E-state index in [2.05, 4.69) is 23.8 Å². The summed E-state index contributed by atoms with van der Waals surface area (Å²) in [7, 11) is 0. The lowest BCUT2D eigenvalue weighted by Gasteiger charge is -2.32. The molecule has 0 radical (unpaired) electrons. The van der Waals surface area contributed by atoms with Crippen LogP contribution in [0.5, 0.6) is 0 Å². The number of carbonyl (C=O) groups is 3. The van der Waals surface area contributed by atoms with E-state index >= 15 is 0 Å². The van der Waals surface area contributed by atoms with E-state index in [-0.39, 0.29) is 23.0 Å². The summed E-state index contributed by atoms with van der Waals surface area (Å²) < 4.78 is 0. The zero-order valence-electron chi connectivity index (χ0n) is 22.4. The quantitative estimate of drug-likeness (QED) is 0.0941. The topological polar surface area (TPSA) is 116 Å². The van der Waals surface area contributed by atoms with Crippen molar-refractivity contribution in [2.24, 2.45) is 5.16 Å². The number of ketones is 2. The Labute approximate surface area is 226 Å². The zero-order chi connectivity index (χ0) is 28.3. The largest absolute Gasteiger partial charge is 0.331 e. The molecule has 4 rings (SSSR count). The second-order valence-corrected chi connectivity index (χ2v) is 9.82. The van der Waals surface area contributed by atoms with Crippen LogP contribution in [0.15, 0.2) is 65.8 Å². The molecule has 3 aromatic rings. The molecule has 0 aliphatic heterocycles. The first-order valence-electron chi connectivity index (χ1n) is 13.0. The number of non-ortho nitro benzene ring substituents is 1. The summed E-state index contributed by atoms with van der Waals surface area (Å²) in [5.41, 5.74) is 5.08. The van der Waals surface area contributed by atoms with Crippen molar-refractivity contribution in [3.8, 4) is 11.1 Å². The third-order valence-electron chi connectivity index (χ3n) is 7.22. The molecule has 3 aromatic carbocycles. The van der Waals surface area contributed by atoms with Gasteiger partial charge in [-0.15, -0.1) is 0 Å². The number of Topliss-reactive ketones (excluding diaryl/α,β-unsaturated/α-hetero) is 1. The first-order chi connectivity index (χ1) is 18.6. The van der Waals surface area contributed by atoms with Gasteiger partial charge in [0.05, 0.1) is 4.92 Å². The summed E-state index contributed by atoms with van der Waals surface area (Å²) in [6.45, 7) is 6.96. The maximum Gasteiger partial charge on any atom is 0.331 e. The van der Waals surface area contributed by atoms with Crippen LogP contribution in [-0.2, 0) is 15.0 Å². The van der Waals surface area contributed by atoms with Crippen LogP contribution in [0.3, 0.4) is 0 Å². The molecule has 0 N–H and O–H groups in total. The van der Waals surface area contributed by atoms with Crippen LogP contribution in [-0.4, -0.2) is 28.2 Å². The van der Waals surface area contributed by atoms with Crippen LogP contribution in [0.25, 0.3) is 11.1 Å². The second kappa shape index (κ2) is 11.1. The molecule has 1 aliphatic rings. The molecule has 39 heavy (non-hydrogen) atoms. The highest BCUT2D eigenvalue weighted by Gasteiger charge is 2.42. The molecule has 0 amide bonds. The van der Waals surface area contributed by atoms with Crippen LogP contribution in [0.4, 0.5) is 5.69 Å². The van der Waals surface area contributed by atoms with Crippen molar-refractivity contribution in [3.63, 3.8) is 0 Å². The van der Waals surface area contributed by atoms with E-state index in [4.69, 9.17) is 0 Å². The van der Waals surface area contributed by atoms with E-state index in [1.54, 1.807) is 12.1 Å². The van der Waals surface area contributed by atoms with E-state index in [1.165, 1.54) is 38.1 Å². The Balaban J connectivity index is 1.80. The number of hydrogen-bond acceptors (Lipinski definition) is 7. The fourth-order valence-electron chi connectivity index (χ4n) is 5.58. The van der Waals surface area contributed by atoms with Crippen molar-refractivity contribution in [2.45, 2.75) is 58.8 Å². The third kappa shape index (κ3) is 5.14. The van der Waals surface area contributed by atoms with Gasteiger partial charge >= 0.3 is 5.97 Å². The van der Waals surface area contributed by atoms with Gasteiger partial charge in [-0.1, -0.05) is 56.1 Å². The molecule has 0 fully saturated rings. The summed E-state index contributed by atoms with van der Waals surface area (Å²) >= 11 is 0. The van der Waals surface area contributed by atoms with Crippen LogP contribution >= 0.6 is 0 Å². The number of fused-ring (bicyclic) bond motifs is 3. The molecule has 0 heterocycles. The fourth-order valence-corrected chi connectivity index (χ4v) is 5.58. The number of oxime groups is 1. The van der Waals surface area contributed by atoms with Gasteiger partial charge in [-0.2, -0.15) is 0 Å². The standard InChI is InChI=1S/C31H30N2O6/c1-5-15-31(16-6-2)27-17-22(29(35)19(3)32-39-20(4)34)9-13-25(27)26-14-10-23(18-28(26)31)30(36)21-7-11-24(12-8-21)33(37)38/h7-14,17-18H,5-6,15-16H2,1-4H3. The lowest BCUT2D eigenvalue weighted by Crippen LogP contribution is -2.26. The summed E-state index contributed by atoms with van der Waals surface area (Å²) in [6.07, 6.45) is 3.44. The van der Waals surface area contributed by atoms with Crippen LogP contribution in [0, 0.1) is 10.1 Å². The molecule has 0 saturated carbocycles. The number of nitrogens with zero attached hydrogens (tertiary/aromatic N) is 2. The Morgan fingerprint density at radius 2 is 1.33 bits per heavy atom. The highest BCUT2D eigenvalue weighted by molar-refractivity contribution is 6.45. The fraction of sp³-hybridized carbons (Fsp3) is 0.290. The highest BCUT2D eigenvalue weighted by atomic mass is 16.7. The molecule has 0 spiro atoms. The molecule has 0 aromatic heterocycles. The smallest absolute Gasteiger partial charge is 0.318 e. The van der Waals surface area contributed by atoms with Gasteiger partial charge in [-0.05, 0) is 66.3 Å². The number of benzene rings is 3. The molecule has 0 saturated heterocycles. The predicted molar refractivity (Wildman–Crippen MR) is 148 cm³/mol. The Kier molecular flexibility index (Phi) is 7.85. The van der Waals surface area contributed by atoms with Crippen molar-refractivity contribution in [2.75, 3.05) is 0 Å². The van der Waals surface area contributed by atoms with E-state index < -0.39 is 16.3 Å². The van der Waals surface area contributed by atoms with Crippen LogP contribution in [0.2, 0.25) is 0 Å². The van der Waals surface area contributed by atoms with E-state index in [0.29, 0.717) is 16.7 Å². The second-order valence-electron chi connectivity index (χ2n) is 9.82. The van der Waals surface area contributed by atoms with Gasteiger partial charge in [0.2, 0.25) is 5.78 Å². The Morgan fingerprint density at radius 1 is 0.821 bits per heavy atom. The minimum Gasteiger partial charge on any atom is -0.318 e. The molecule has 8 heteroatoms. The van der Waals surface area contributed by atoms with Crippen molar-refractivity contribution in [1.29, 1.82) is 0 Å². The summed E-state index contributed by atoms with van der Waals surface area (Å²) in [5.74, 6) is -1.14. The van der Waals surface area contributed by atoms with E-state index in [1.807, 2.05) is 24.3 Å². The van der Waals surface area contributed by atoms with E-state index in [9.17, 15) is 24.5 Å². The molecule has 0 unspecified atom stereocenters. The molecular formula is C31H30N2O6. The average molecular weight is 527 g/mol. The average Bonchev–Trinajstić information content (AvgIpc) is 3.19. The SMILES string of the molecule is CCCC1(CCC)c2cc(C(=O)C(C)=NOC(C)=O)ccc2-c2ccc(C(=O)c3ccc([N+](=O)[O-])cc3)cc21. The number of hydrogen-bond donors (Lipinski definition) is 0. The molecule has 0 atom stereocenters. The first-order valence-corrected chi connectivity index (χ1v) is 13.0. The minimum absolute atomic E-state index is 0.0700. The normalized spacial score (nSPS) is 13.4. The maximum absolute atomic E-state index is 13.4. The maximum atomic E-state index is 13.4. The molecule has 1 aliphatic carbocycles. The Morgan fingerprint density at radius 3 is 1.85 bits per heavy atom. The molecule has 0 bridgehead atoms. The number of carbonyl (C=O) groups excluding carboxylic acids is 3. The van der Waals surface area contributed by atoms with Crippen LogP contribution < -0.4 is 0 Å². The van der Waals surface area contributed by atoms with Gasteiger partial charge < -0.3 is 4.84 Å². The van der Waals surface area contributed by atoms with Gasteiger partial charge in [-0.25, -0.2) is 4.79 Å². The van der Waals surface area contributed by atoms with Crippen molar-refractivity contribution >= 4 is 28.9 Å². The Hall–Kier alpha value is -4.46. The van der Waals surface area contributed by atoms with Gasteiger partial charge in [0.15, 0.2) is 5.78 Å². The van der Waals surface area contributed by atoms with Gasteiger partial charge in [-0.3, -0.25) is 19.7 Å². The lowest BCUT2D eigenvalue weighted by molar-refractivity contribution is -0.384. The summed E-state index contributed by atoms with van der Waals surface area (Å²) in [6, 6.07) is 16.9. The number of rotatable bonds is 10. The third-order valence-corrected chi connectivity index (χ3v) is 7.22. The monoisotopic (exact) mass is 526 g/mol. The number of nitro groups is 1. The summed E-state index contributed by atoms with van der Waals surface area (Å²) in [5, 5.41) is 14.7. The highest BCUT2D eigenvalue weighted by Crippen LogP contribution is 2.54. The van der Waals surface area contributed by atoms with Crippen molar-refractivity contribution in [3.05, 3.63) is 98.6 Å². The van der Waals surface area contributed by atoms with Gasteiger partial charge in [0.25, 0.3) is 5.69 Å². The molecule has 200 valence electrons. The zero-order valence-corrected chi connectivity index (χ0v) is 22.4.